The van der Waals surface area contributed by atoms with Gasteiger partial charge in [-0.3, -0.25) is 9.69 Å². The number of amides is 1. The van der Waals surface area contributed by atoms with Gasteiger partial charge < -0.3 is 10.6 Å². The third-order valence-electron chi connectivity index (χ3n) is 2.79. The van der Waals surface area contributed by atoms with E-state index in [4.69, 9.17) is 0 Å². The van der Waals surface area contributed by atoms with Gasteiger partial charge in [-0.1, -0.05) is 6.92 Å². The highest BCUT2D eigenvalue weighted by Gasteiger charge is 2.13. The molecule has 94 valence electrons. The summed E-state index contributed by atoms with van der Waals surface area (Å²) >= 11 is 2.01. The van der Waals surface area contributed by atoms with Crippen molar-refractivity contribution in [1.29, 1.82) is 0 Å². The number of hydrogen-bond donors (Lipinski definition) is 2. The molecule has 1 heterocycles. The minimum atomic E-state index is 0.0573. The van der Waals surface area contributed by atoms with Gasteiger partial charge in [0.05, 0.1) is 0 Å². The average molecular weight is 245 g/mol. The number of hydrogen-bond acceptors (Lipinski definition) is 4. The molecule has 0 aromatic heterocycles. The van der Waals surface area contributed by atoms with E-state index in [9.17, 15) is 4.79 Å². The second-order valence-corrected chi connectivity index (χ2v) is 5.43. The van der Waals surface area contributed by atoms with Crippen molar-refractivity contribution in [3.63, 3.8) is 0 Å². The molecule has 1 fully saturated rings. The third-order valence-corrected chi connectivity index (χ3v) is 3.73. The zero-order chi connectivity index (χ0) is 11.8. The number of nitrogens with zero attached hydrogens (tertiary/aromatic N) is 1. The third kappa shape index (κ3) is 5.18. The Morgan fingerprint density at radius 2 is 2.12 bits per heavy atom. The topological polar surface area (TPSA) is 44.4 Å². The van der Waals surface area contributed by atoms with E-state index < -0.39 is 0 Å². The molecule has 5 heteroatoms. The van der Waals surface area contributed by atoms with Crippen molar-refractivity contribution in [2.24, 2.45) is 5.92 Å². The van der Waals surface area contributed by atoms with Crippen molar-refractivity contribution < 1.29 is 4.79 Å². The molecule has 16 heavy (non-hydrogen) atoms. The van der Waals surface area contributed by atoms with Crippen molar-refractivity contribution in [2.45, 2.75) is 6.92 Å². The lowest BCUT2D eigenvalue weighted by Gasteiger charge is -2.26. The average Bonchev–Trinajstić information content (AvgIpc) is 2.30. The fourth-order valence-corrected chi connectivity index (χ4v) is 2.71. The minimum absolute atomic E-state index is 0.0573. The van der Waals surface area contributed by atoms with Crippen LogP contribution in [0.5, 0.6) is 0 Å². The van der Waals surface area contributed by atoms with Gasteiger partial charge in [-0.15, -0.1) is 0 Å². The number of rotatable bonds is 6. The Morgan fingerprint density at radius 1 is 1.44 bits per heavy atom. The first-order valence-corrected chi connectivity index (χ1v) is 7.12. The lowest BCUT2D eigenvalue weighted by Crippen LogP contribution is -2.41. The van der Waals surface area contributed by atoms with Gasteiger partial charge in [-0.25, -0.2) is 0 Å². The molecule has 4 nitrogen and oxygen atoms in total. The fourth-order valence-electron chi connectivity index (χ4n) is 1.74. The highest BCUT2D eigenvalue weighted by atomic mass is 32.2. The highest BCUT2D eigenvalue weighted by Crippen LogP contribution is 2.07. The summed E-state index contributed by atoms with van der Waals surface area (Å²) in [5.74, 6) is 2.66. The quantitative estimate of drug-likeness (QED) is 0.692. The summed E-state index contributed by atoms with van der Waals surface area (Å²) < 4.78 is 0. The largest absolute Gasteiger partial charge is 0.355 e. The van der Waals surface area contributed by atoms with E-state index in [1.807, 2.05) is 25.7 Å². The van der Waals surface area contributed by atoms with Crippen LogP contribution in [0.2, 0.25) is 0 Å². The number of carbonyl (C=O) groups excluding carboxylic acids is 1. The van der Waals surface area contributed by atoms with Crippen LogP contribution in [-0.2, 0) is 4.79 Å². The summed E-state index contributed by atoms with van der Waals surface area (Å²) in [6, 6.07) is 0. The van der Waals surface area contributed by atoms with Gasteiger partial charge >= 0.3 is 0 Å². The molecule has 0 aromatic carbocycles. The zero-order valence-electron chi connectivity index (χ0n) is 10.3. The molecular weight excluding hydrogens is 222 g/mol. The van der Waals surface area contributed by atoms with Crippen LogP contribution in [0.25, 0.3) is 0 Å². The number of thioether (sulfide) groups is 1. The van der Waals surface area contributed by atoms with E-state index in [0.29, 0.717) is 0 Å². The summed E-state index contributed by atoms with van der Waals surface area (Å²) in [5, 5.41) is 6.00. The van der Waals surface area contributed by atoms with Gasteiger partial charge in [0.1, 0.15) is 0 Å². The van der Waals surface area contributed by atoms with E-state index >= 15 is 0 Å². The van der Waals surface area contributed by atoms with E-state index in [1.54, 1.807) is 0 Å². The summed E-state index contributed by atoms with van der Waals surface area (Å²) in [6.07, 6.45) is 0. The van der Waals surface area contributed by atoms with Crippen LogP contribution >= 0.6 is 11.8 Å². The Morgan fingerprint density at radius 3 is 2.75 bits per heavy atom. The SMILES string of the molecule is CNCC(C)C(=O)NCCN1CCSCC1. The molecule has 0 aliphatic carbocycles. The van der Waals surface area contributed by atoms with E-state index in [-0.39, 0.29) is 11.8 Å². The second kappa shape index (κ2) is 7.92. The van der Waals surface area contributed by atoms with E-state index in [0.717, 1.165) is 32.7 Å². The van der Waals surface area contributed by atoms with Crippen LogP contribution in [0.15, 0.2) is 0 Å². The molecule has 0 spiro atoms. The maximum Gasteiger partial charge on any atom is 0.224 e. The predicted octanol–water partition coefficient (Wildman–Crippen LogP) is 0.00690. The molecule has 0 bridgehead atoms. The molecule has 0 aromatic rings. The first-order chi connectivity index (χ1) is 7.74. The van der Waals surface area contributed by atoms with Gasteiger partial charge in [-0.05, 0) is 7.05 Å². The Hall–Kier alpha value is -0.260. The molecular formula is C11H23N3OS. The standard InChI is InChI=1S/C11H23N3OS/c1-10(9-12-2)11(15)13-3-4-14-5-7-16-8-6-14/h10,12H,3-9H2,1-2H3,(H,13,15). The van der Waals surface area contributed by atoms with Crippen molar-refractivity contribution in [3.05, 3.63) is 0 Å². The predicted molar refractivity (Wildman–Crippen MR) is 69.9 cm³/mol. The van der Waals surface area contributed by atoms with Crippen molar-refractivity contribution in [3.8, 4) is 0 Å². The Balaban J connectivity index is 2.07. The molecule has 0 saturated carbocycles. The summed E-state index contributed by atoms with van der Waals surface area (Å²) in [5.41, 5.74) is 0. The Labute approximate surface area is 103 Å². The molecule has 2 N–H and O–H groups in total. The number of nitrogens with one attached hydrogen (secondary N) is 2. The monoisotopic (exact) mass is 245 g/mol. The summed E-state index contributed by atoms with van der Waals surface area (Å²) in [7, 11) is 1.87. The molecule has 1 rings (SSSR count). The van der Waals surface area contributed by atoms with Gasteiger partial charge in [0.2, 0.25) is 5.91 Å². The van der Waals surface area contributed by atoms with Crippen molar-refractivity contribution in [2.75, 3.05) is 51.3 Å². The first kappa shape index (κ1) is 13.8. The maximum atomic E-state index is 11.6. The zero-order valence-corrected chi connectivity index (χ0v) is 11.1. The number of carbonyl (C=O) groups is 1. The van der Waals surface area contributed by atoms with Gasteiger partial charge in [0, 0.05) is 50.1 Å². The van der Waals surface area contributed by atoms with Crippen LogP contribution in [0, 0.1) is 5.92 Å². The molecule has 1 amide bonds. The van der Waals surface area contributed by atoms with Gasteiger partial charge in [0.25, 0.3) is 0 Å². The van der Waals surface area contributed by atoms with Crippen LogP contribution < -0.4 is 10.6 Å². The smallest absolute Gasteiger partial charge is 0.224 e. The maximum absolute atomic E-state index is 11.6. The van der Waals surface area contributed by atoms with E-state index in [1.165, 1.54) is 11.5 Å². The first-order valence-electron chi connectivity index (χ1n) is 5.96. The van der Waals surface area contributed by atoms with Gasteiger partial charge in [-0.2, -0.15) is 11.8 Å². The van der Waals surface area contributed by atoms with Crippen molar-refractivity contribution >= 4 is 17.7 Å². The van der Waals surface area contributed by atoms with Crippen LogP contribution in [0.1, 0.15) is 6.92 Å². The molecule has 1 aliphatic rings. The summed E-state index contributed by atoms with van der Waals surface area (Å²) in [6.45, 7) is 6.77. The fraction of sp³-hybridized carbons (Fsp3) is 0.909. The van der Waals surface area contributed by atoms with Gasteiger partial charge in [0.15, 0.2) is 0 Å². The van der Waals surface area contributed by atoms with Crippen LogP contribution in [0.4, 0.5) is 0 Å². The Bertz CT molecular complexity index is 207. The molecule has 1 saturated heterocycles. The molecule has 1 unspecified atom stereocenters. The molecule has 1 aliphatic heterocycles. The lowest BCUT2D eigenvalue weighted by molar-refractivity contribution is -0.124. The van der Waals surface area contributed by atoms with Crippen LogP contribution in [0.3, 0.4) is 0 Å². The second-order valence-electron chi connectivity index (χ2n) is 4.20. The van der Waals surface area contributed by atoms with E-state index in [2.05, 4.69) is 15.5 Å². The molecule has 0 radical (unpaired) electrons. The van der Waals surface area contributed by atoms with Crippen LogP contribution in [-0.4, -0.2) is 62.1 Å². The normalized spacial score (nSPS) is 19.4. The molecule has 1 atom stereocenters. The Kier molecular flexibility index (Phi) is 6.84. The minimum Gasteiger partial charge on any atom is -0.355 e. The highest BCUT2D eigenvalue weighted by molar-refractivity contribution is 7.99. The lowest BCUT2D eigenvalue weighted by atomic mass is 10.1. The van der Waals surface area contributed by atoms with Crippen molar-refractivity contribution in [1.82, 2.24) is 15.5 Å². The summed E-state index contributed by atoms with van der Waals surface area (Å²) in [4.78, 5) is 14.0.